The van der Waals surface area contributed by atoms with Gasteiger partial charge in [-0.15, -0.1) is 12.4 Å². The molecule has 3 aromatic rings. The summed E-state index contributed by atoms with van der Waals surface area (Å²) in [5, 5.41) is 6.10. The van der Waals surface area contributed by atoms with Gasteiger partial charge in [0.15, 0.2) is 0 Å². The molecule has 0 atom stereocenters. The molecule has 1 heterocycles. The zero-order valence-corrected chi connectivity index (χ0v) is 14.1. The number of benzene rings is 2. The van der Waals surface area contributed by atoms with Gasteiger partial charge in [-0.3, -0.25) is 4.98 Å². The average molecular weight is 349 g/mol. The molecule has 0 fully saturated rings. The van der Waals surface area contributed by atoms with Crippen LogP contribution in [0.15, 0.2) is 60.8 Å². The predicted octanol–water partition coefficient (Wildman–Crippen LogP) is 4.48. The normalized spacial score (nSPS) is 10.3. The van der Waals surface area contributed by atoms with Gasteiger partial charge in [-0.1, -0.05) is 48.0 Å². The fraction of sp³-hybridized carbons (Fsp3) is 0.167. The minimum Gasteiger partial charge on any atom is -0.491 e. The summed E-state index contributed by atoms with van der Waals surface area (Å²) in [4.78, 5) is 4.26. The van der Waals surface area contributed by atoms with Gasteiger partial charge in [-0.2, -0.15) is 0 Å². The maximum absolute atomic E-state index is 6.39. The highest BCUT2D eigenvalue weighted by molar-refractivity contribution is 6.37. The maximum Gasteiger partial charge on any atom is 0.138 e. The second kappa shape index (κ2) is 8.73. The third-order valence-electron chi connectivity index (χ3n) is 3.40. The Kier molecular flexibility index (Phi) is 6.66. The molecule has 0 amide bonds. The molecule has 3 rings (SSSR count). The number of fused-ring (bicyclic) bond motifs is 1. The van der Waals surface area contributed by atoms with Crippen LogP contribution in [0.3, 0.4) is 0 Å². The summed E-state index contributed by atoms with van der Waals surface area (Å²) in [6.45, 7) is 2.03. The summed E-state index contributed by atoms with van der Waals surface area (Å²) >= 11 is 6.39. The second-order valence-corrected chi connectivity index (χ2v) is 5.32. The first-order valence-electron chi connectivity index (χ1n) is 7.25. The van der Waals surface area contributed by atoms with Crippen molar-refractivity contribution in [3.63, 3.8) is 0 Å². The molecular formula is C18H18Cl2N2O. The van der Waals surface area contributed by atoms with Crippen LogP contribution in [-0.4, -0.2) is 18.1 Å². The Labute approximate surface area is 147 Å². The molecule has 0 aliphatic carbocycles. The molecule has 5 heteroatoms. The Morgan fingerprint density at radius 3 is 2.65 bits per heavy atom. The Balaban J connectivity index is 0.00000192. The quantitative estimate of drug-likeness (QED) is 0.667. The topological polar surface area (TPSA) is 34.1 Å². The first-order valence-corrected chi connectivity index (χ1v) is 7.63. The Morgan fingerprint density at radius 2 is 1.83 bits per heavy atom. The van der Waals surface area contributed by atoms with Crippen molar-refractivity contribution in [3.8, 4) is 5.75 Å². The lowest BCUT2D eigenvalue weighted by Gasteiger charge is -2.10. The molecule has 0 aliphatic heterocycles. The van der Waals surface area contributed by atoms with Crippen LogP contribution >= 0.6 is 24.0 Å². The van der Waals surface area contributed by atoms with E-state index in [0.717, 1.165) is 35.3 Å². The van der Waals surface area contributed by atoms with Crippen molar-refractivity contribution in [2.24, 2.45) is 0 Å². The van der Waals surface area contributed by atoms with Gasteiger partial charge < -0.3 is 10.1 Å². The van der Waals surface area contributed by atoms with E-state index in [1.54, 1.807) is 6.20 Å². The van der Waals surface area contributed by atoms with Crippen molar-refractivity contribution in [1.29, 1.82) is 0 Å². The fourth-order valence-corrected chi connectivity index (χ4v) is 2.57. The Morgan fingerprint density at radius 1 is 1.00 bits per heavy atom. The number of nitrogens with zero attached hydrogens (tertiary/aromatic N) is 1. The number of nitrogens with one attached hydrogen (secondary N) is 1. The van der Waals surface area contributed by atoms with Crippen LogP contribution in [-0.2, 0) is 6.54 Å². The van der Waals surface area contributed by atoms with E-state index < -0.39 is 0 Å². The Bertz CT molecular complexity index is 750. The summed E-state index contributed by atoms with van der Waals surface area (Å²) in [5.74, 6) is 0.722. The number of hydrogen-bond donors (Lipinski definition) is 1. The molecule has 0 bridgehead atoms. The van der Waals surface area contributed by atoms with E-state index in [1.807, 2.05) is 54.6 Å². The molecule has 1 aromatic heterocycles. The molecule has 0 aliphatic rings. The number of pyridine rings is 1. The molecule has 23 heavy (non-hydrogen) atoms. The number of hydrogen-bond acceptors (Lipinski definition) is 3. The van der Waals surface area contributed by atoms with Crippen molar-refractivity contribution in [3.05, 3.63) is 71.5 Å². The number of halogens is 2. The van der Waals surface area contributed by atoms with E-state index in [2.05, 4.69) is 10.3 Å². The van der Waals surface area contributed by atoms with Gasteiger partial charge in [0, 0.05) is 24.7 Å². The molecule has 2 aromatic carbocycles. The van der Waals surface area contributed by atoms with Crippen molar-refractivity contribution < 1.29 is 4.74 Å². The molecule has 0 unspecified atom stereocenters. The van der Waals surface area contributed by atoms with E-state index in [0.29, 0.717) is 11.6 Å². The van der Waals surface area contributed by atoms with Crippen LogP contribution in [0.4, 0.5) is 0 Å². The minimum absolute atomic E-state index is 0. The highest BCUT2D eigenvalue weighted by Gasteiger charge is 2.05. The zero-order valence-electron chi connectivity index (χ0n) is 12.5. The van der Waals surface area contributed by atoms with Crippen LogP contribution < -0.4 is 10.1 Å². The van der Waals surface area contributed by atoms with Crippen LogP contribution in [0.25, 0.3) is 10.8 Å². The van der Waals surface area contributed by atoms with Crippen molar-refractivity contribution >= 4 is 34.8 Å². The fourth-order valence-electron chi connectivity index (χ4n) is 2.28. The van der Waals surface area contributed by atoms with E-state index in [1.165, 1.54) is 0 Å². The first kappa shape index (κ1) is 17.5. The number of aromatic nitrogens is 1. The number of rotatable bonds is 6. The summed E-state index contributed by atoms with van der Waals surface area (Å²) in [6.07, 6.45) is 1.79. The molecule has 120 valence electrons. The number of ether oxygens (including phenoxy) is 1. The largest absolute Gasteiger partial charge is 0.491 e. The maximum atomic E-state index is 6.39. The van der Waals surface area contributed by atoms with Crippen LogP contribution in [0.1, 0.15) is 5.69 Å². The molecule has 3 nitrogen and oxygen atoms in total. The molecule has 0 radical (unpaired) electrons. The SMILES string of the molecule is Cl.Clc1c(OCCNCc2ccccn2)ccc2ccccc12. The lowest BCUT2D eigenvalue weighted by molar-refractivity contribution is 0.314. The summed E-state index contributed by atoms with van der Waals surface area (Å²) in [6, 6.07) is 17.9. The summed E-state index contributed by atoms with van der Waals surface area (Å²) < 4.78 is 5.77. The van der Waals surface area contributed by atoms with Gasteiger partial charge in [0.05, 0.1) is 10.7 Å². The van der Waals surface area contributed by atoms with E-state index in [9.17, 15) is 0 Å². The second-order valence-electron chi connectivity index (χ2n) is 4.95. The zero-order chi connectivity index (χ0) is 15.2. The lowest BCUT2D eigenvalue weighted by atomic mass is 10.1. The van der Waals surface area contributed by atoms with Gasteiger partial charge in [0.1, 0.15) is 12.4 Å². The Hall–Kier alpha value is -1.81. The summed E-state index contributed by atoms with van der Waals surface area (Å²) in [7, 11) is 0. The van der Waals surface area contributed by atoms with E-state index >= 15 is 0 Å². The van der Waals surface area contributed by atoms with Crippen LogP contribution in [0.5, 0.6) is 5.75 Å². The van der Waals surface area contributed by atoms with Gasteiger partial charge >= 0.3 is 0 Å². The van der Waals surface area contributed by atoms with Gasteiger partial charge in [0.25, 0.3) is 0 Å². The molecule has 0 spiro atoms. The van der Waals surface area contributed by atoms with Gasteiger partial charge in [-0.05, 0) is 23.6 Å². The molecular weight excluding hydrogens is 331 g/mol. The lowest BCUT2D eigenvalue weighted by Crippen LogP contribution is -2.21. The molecule has 0 saturated heterocycles. The van der Waals surface area contributed by atoms with E-state index in [-0.39, 0.29) is 12.4 Å². The highest BCUT2D eigenvalue weighted by Crippen LogP contribution is 2.32. The smallest absolute Gasteiger partial charge is 0.138 e. The third-order valence-corrected chi connectivity index (χ3v) is 3.79. The first-order chi connectivity index (χ1) is 10.8. The molecule has 1 N–H and O–H groups in total. The van der Waals surface area contributed by atoms with E-state index in [4.69, 9.17) is 16.3 Å². The predicted molar refractivity (Wildman–Crippen MR) is 97.6 cm³/mol. The summed E-state index contributed by atoms with van der Waals surface area (Å²) in [5.41, 5.74) is 1.02. The van der Waals surface area contributed by atoms with Crippen LogP contribution in [0.2, 0.25) is 5.02 Å². The van der Waals surface area contributed by atoms with Crippen molar-refractivity contribution in [2.45, 2.75) is 6.54 Å². The monoisotopic (exact) mass is 348 g/mol. The average Bonchev–Trinajstić information content (AvgIpc) is 2.58. The standard InChI is InChI=1S/C18H17ClN2O.ClH/c19-18-16-7-2-1-5-14(16)8-9-17(18)22-12-11-20-13-15-6-3-4-10-21-15;/h1-10,20H,11-13H2;1H. The van der Waals surface area contributed by atoms with Crippen molar-refractivity contribution in [2.75, 3.05) is 13.2 Å². The third kappa shape index (κ3) is 4.58. The van der Waals surface area contributed by atoms with Crippen molar-refractivity contribution in [1.82, 2.24) is 10.3 Å². The van der Waals surface area contributed by atoms with Crippen LogP contribution in [0, 0.1) is 0 Å². The minimum atomic E-state index is 0. The van der Waals surface area contributed by atoms with Gasteiger partial charge in [-0.25, -0.2) is 0 Å². The highest BCUT2D eigenvalue weighted by atomic mass is 35.5. The molecule has 0 saturated carbocycles. The van der Waals surface area contributed by atoms with Gasteiger partial charge in [0.2, 0.25) is 0 Å².